The van der Waals surface area contributed by atoms with Gasteiger partial charge in [-0.1, -0.05) is 5.16 Å². The molecule has 0 atom stereocenters. The number of ketones is 1. The Kier molecular flexibility index (Phi) is 2.52. The molecule has 5 nitrogen and oxygen atoms in total. The van der Waals surface area contributed by atoms with Gasteiger partial charge in [0.15, 0.2) is 11.5 Å². The average Bonchev–Trinajstić information content (AvgIpc) is 2.65. The van der Waals surface area contributed by atoms with Crippen molar-refractivity contribution in [3.63, 3.8) is 0 Å². The van der Waals surface area contributed by atoms with Gasteiger partial charge < -0.3 is 14.7 Å². The summed E-state index contributed by atoms with van der Waals surface area (Å²) >= 11 is 0. The van der Waals surface area contributed by atoms with Crippen molar-refractivity contribution in [3.05, 3.63) is 23.3 Å². The number of oxime groups is 1. The van der Waals surface area contributed by atoms with Crippen LogP contribution in [0.2, 0.25) is 0 Å². The van der Waals surface area contributed by atoms with Crippen LogP contribution in [0.1, 0.15) is 15.9 Å². The van der Waals surface area contributed by atoms with E-state index in [0.29, 0.717) is 22.6 Å². The van der Waals surface area contributed by atoms with E-state index in [0.717, 1.165) is 0 Å². The number of hydrogen-bond donors (Lipinski definition) is 1. The van der Waals surface area contributed by atoms with E-state index >= 15 is 0 Å². The molecule has 0 fully saturated rings. The van der Waals surface area contributed by atoms with Crippen LogP contribution in [0, 0.1) is 0 Å². The van der Waals surface area contributed by atoms with Crippen molar-refractivity contribution in [2.75, 3.05) is 14.2 Å². The number of hydrogen-bond acceptors (Lipinski definition) is 5. The van der Waals surface area contributed by atoms with E-state index in [1.807, 2.05) is 0 Å². The smallest absolute Gasteiger partial charge is 0.211 e. The van der Waals surface area contributed by atoms with Crippen LogP contribution in [0.4, 0.5) is 0 Å². The lowest BCUT2D eigenvalue weighted by molar-refractivity contribution is 0.106. The van der Waals surface area contributed by atoms with E-state index in [1.54, 1.807) is 12.1 Å². The van der Waals surface area contributed by atoms with E-state index in [9.17, 15) is 4.79 Å². The van der Waals surface area contributed by atoms with Crippen molar-refractivity contribution in [1.82, 2.24) is 0 Å². The van der Waals surface area contributed by atoms with Crippen LogP contribution in [-0.2, 0) is 6.42 Å². The van der Waals surface area contributed by atoms with E-state index in [-0.39, 0.29) is 17.9 Å². The summed E-state index contributed by atoms with van der Waals surface area (Å²) in [5.74, 6) is 0.818. The van der Waals surface area contributed by atoms with Gasteiger partial charge in [-0.2, -0.15) is 0 Å². The molecule has 2 rings (SSSR count). The molecule has 84 valence electrons. The van der Waals surface area contributed by atoms with Gasteiger partial charge in [0, 0.05) is 17.5 Å². The lowest BCUT2D eigenvalue weighted by Crippen LogP contribution is -2.06. The summed E-state index contributed by atoms with van der Waals surface area (Å²) in [6.07, 6.45) is 0.269. The van der Waals surface area contributed by atoms with Crippen LogP contribution >= 0.6 is 0 Å². The zero-order valence-corrected chi connectivity index (χ0v) is 8.98. The van der Waals surface area contributed by atoms with Gasteiger partial charge in [-0.05, 0) is 12.1 Å². The number of benzene rings is 1. The first-order valence-corrected chi connectivity index (χ1v) is 4.72. The largest absolute Gasteiger partial charge is 0.493 e. The van der Waals surface area contributed by atoms with Gasteiger partial charge in [-0.3, -0.25) is 4.79 Å². The maximum atomic E-state index is 11.7. The number of carbonyl (C=O) groups excluding carboxylic acids is 1. The summed E-state index contributed by atoms with van der Waals surface area (Å²) in [5.41, 5.74) is 1.34. The Bertz CT molecular complexity index is 479. The summed E-state index contributed by atoms with van der Waals surface area (Å²) in [7, 11) is 3.04. The molecule has 1 aliphatic carbocycles. The second-order valence-electron chi connectivity index (χ2n) is 3.38. The molecule has 0 aromatic heterocycles. The number of methoxy groups -OCH3 is 2. The highest BCUT2D eigenvalue weighted by molar-refractivity contribution is 6.49. The Hall–Kier alpha value is -2.04. The topological polar surface area (TPSA) is 68.1 Å². The molecule has 1 aliphatic rings. The first-order chi connectivity index (χ1) is 7.72. The fraction of sp³-hybridized carbons (Fsp3) is 0.273. The number of ether oxygens (including phenoxy) is 2. The Morgan fingerprint density at radius 2 is 2.06 bits per heavy atom. The van der Waals surface area contributed by atoms with Crippen LogP contribution in [-0.4, -0.2) is 30.9 Å². The maximum absolute atomic E-state index is 11.7. The van der Waals surface area contributed by atoms with Gasteiger partial charge in [0.05, 0.1) is 14.2 Å². The van der Waals surface area contributed by atoms with Gasteiger partial charge in [-0.25, -0.2) is 0 Å². The first-order valence-electron chi connectivity index (χ1n) is 4.72. The molecule has 0 aliphatic heterocycles. The minimum atomic E-state index is -0.265. The second kappa shape index (κ2) is 3.84. The molecule has 0 saturated heterocycles. The molecule has 0 radical (unpaired) electrons. The number of Topliss-reactive ketones (excluding diaryl/α,β-unsaturated/α-hetero) is 1. The monoisotopic (exact) mass is 221 g/mol. The minimum Gasteiger partial charge on any atom is -0.493 e. The van der Waals surface area contributed by atoms with Crippen LogP contribution < -0.4 is 9.47 Å². The van der Waals surface area contributed by atoms with Gasteiger partial charge in [0.25, 0.3) is 0 Å². The highest BCUT2D eigenvalue weighted by atomic mass is 16.5. The molecule has 1 N–H and O–H groups in total. The van der Waals surface area contributed by atoms with Crippen LogP contribution in [0.25, 0.3) is 0 Å². The number of fused-ring (bicyclic) bond motifs is 1. The molecule has 0 bridgehead atoms. The van der Waals surface area contributed by atoms with Gasteiger partial charge in [-0.15, -0.1) is 0 Å². The molecule has 0 unspecified atom stereocenters. The first kappa shape index (κ1) is 10.5. The van der Waals surface area contributed by atoms with Crippen molar-refractivity contribution in [2.45, 2.75) is 6.42 Å². The zero-order valence-electron chi connectivity index (χ0n) is 8.98. The van der Waals surface area contributed by atoms with Crippen LogP contribution in [0.3, 0.4) is 0 Å². The summed E-state index contributed by atoms with van der Waals surface area (Å²) in [6.45, 7) is 0. The second-order valence-corrected chi connectivity index (χ2v) is 3.38. The zero-order chi connectivity index (χ0) is 11.7. The normalized spacial score (nSPS) is 16.4. The summed E-state index contributed by atoms with van der Waals surface area (Å²) < 4.78 is 10.3. The fourth-order valence-corrected chi connectivity index (χ4v) is 1.86. The van der Waals surface area contributed by atoms with Crippen molar-refractivity contribution in [3.8, 4) is 11.5 Å². The molecular weight excluding hydrogens is 210 g/mol. The Morgan fingerprint density at radius 3 is 2.62 bits per heavy atom. The van der Waals surface area contributed by atoms with Crippen molar-refractivity contribution < 1.29 is 19.5 Å². The summed E-state index contributed by atoms with van der Waals surface area (Å²) in [4.78, 5) is 11.7. The fourth-order valence-electron chi connectivity index (χ4n) is 1.86. The Morgan fingerprint density at radius 1 is 1.31 bits per heavy atom. The Balaban J connectivity index is 2.61. The lowest BCUT2D eigenvalue weighted by atomic mass is 10.1. The highest BCUT2D eigenvalue weighted by Crippen LogP contribution is 2.37. The molecule has 1 aromatic carbocycles. The molecule has 0 saturated carbocycles. The van der Waals surface area contributed by atoms with E-state index < -0.39 is 0 Å². The lowest BCUT2D eigenvalue weighted by Gasteiger charge is -2.10. The Labute approximate surface area is 92.3 Å². The molecule has 0 heterocycles. The quantitative estimate of drug-likeness (QED) is 0.603. The van der Waals surface area contributed by atoms with Crippen LogP contribution in [0.15, 0.2) is 17.3 Å². The van der Waals surface area contributed by atoms with Gasteiger partial charge in [0.1, 0.15) is 5.71 Å². The molecule has 0 amide bonds. The minimum absolute atomic E-state index is 0.126. The van der Waals surface area contributed by atoms with Gasteiger partial charge >= 0.3 is 0 Å². The van der Waals surface area contributed by atoms with Crippen molar-refractivity contribution in [1.29, 1.82) is 0 Å². The molecule has 1 aromatic rings. The van der Waals surface area contributed by atoms with Crippen molar-refractivity contribution >= 4 is 11.5 Å². The van der Waals surface area contributed by atoms with E-state index in [4.69, 9.17) is 14.7 Å². The molecule has 16 heavy (non-hydrogen) atoms. The van der Waals surface area contributed by atoms with Gasteiger partial charge in [0.2, 0.25) is 5.78 Å². The SMILES string of the molecule is COc1ccc2c(c1OC)C/C(=N/O)C2=O. The predicted molar refractivity (Wildman–Crippen MR) is 56.8 cm³/mol. The van der Waals surface area contributed by atoms with Crippen LogP contribution in [0.5, 0.6) is 11.5 Å². The summed E-state index contributed by atoms with van der Waals surface area (Å²) in [5, 5.41) is 11.7. The third kappa shape index (κ3) is 1.32. The molecule has 0 spiro atoms. The highest BCUT2D eigenvalue weighted by Gasteiger charge is 2.31. The predicted octanol–water partition coefficient (Wildman–Crippen LogP) is 1.27. The van der Waals surface area contributed by atoms with E-state index in [2.05, 4.69) is 5.16 Å². The average molecular weight is 221 g/mol. The maximum Gasteiger partial charge on any atom is 0.211 e. The standard InChI is InChI=1S/C11H11NO4/c1-15-9-4-3-6-7(11(9)16-2)5-8(12-14)10(6)13/h3-4,14H,5H2,1-2H3/b12-8-. The third-order valence-electron chi connectivity index (χ3n) is 2.62. The van der Waals surface area contributed by atoms with E-state index in [1.165, 1.54) is 14.2 Å². The molecular formula is C11H11NO4. The number of carbonyl (C=O) groups is 1. The number of nitrogens with zero attached hydrogens (tertiary/aromatic N) is 1. The van der Waals surface area contributed by atoms with Crippen molar-refractivity contribution in [2.24, 2.45) is 5.16 Å². The molecule has 5 heteroatoms. The summed E-state index contributed by atoms with van der Waals surface area (Å²) in [6, 6.07) is 3.31. The number of rotatable bonds is 2. The third-order valence-corrected chi connectivity index (χ3v) is 2.62.